The number of ketones is 1. The van der Waals surface area contributed by atoms with Gasteiger partial charge in [0, 0.05) is 47.1 Å². The van der Waals surface area contributed by atoms with Gasteiger partial charge >= 0.3 is 0 Å². The molecule has 1 amide bonds. The number of benzene rings is 2. The van der Waals surface area contributed by atoms with Crippen LogP contribution in [0.5, 0.6) is 23.0 Å². The second-order valence-electron chi connectivity index (χ2n) is 6.08. The molecule has 2 aromatic rings. The van der Waals surface area contributed by atoms with Gasteiger partial charge in [0.25, 0.3) is 5.91 Å². The molecule has 0 fully saturated rings. The first-order chi connectivity index (χ1) is 14.7. The van der Waals surface area contributed by atoms with Crippen LogP contribution < -0.4 is 23.4 Å². The normalized spacial score (nSPS) is 11.7. The van der Waals surface area contributed by atoms with E-state index in [2.05, 4.69) is 10.2 Å². The number of halogens is 2. The second-order valence-corrected chi connectivity index (χ2v) is 6.85. The van der Waals surface area contributed by atoms with E-state index in [-0.39, 0.29) is 22.9 Å². The SMILES string of the molecule is COc1cc(OC)cc(N(Cl)C(=O)C(N=Nc2c(OC)cc(Cl)cc2OC)C(C)=O)c1. The lowest BCUT2D eigenvalue weighted by Crippen LogP contribution is -2.36. The van der Waals surface area contributed by atoms with Gasteiger partial charge in [-0.3, -0.25) is 9.59 Å². The number of azo groups is 1. The van der Waals surface area contributed by atoms with Crippen molar-refractivity contribution in [2.24, 2.45) is 10.2 Å². The van der Waals surface area contributed by atoms with Gasteiger partial charge in [0.2, 0.25) is 6.04 Å². The summed E-state index contributed by atoms with van der Waals surface area (Å²) in [5.41, 5.74) is 0.392. The number of hydrogen-bond acceptors (Lipinski definition) is 8. The number of amides is 1. The molecule has 9 nitrogen and oxygen atoms in total. The van der Waals surface area contributed by atoms with E-state index in [0.29, 0.717) is 16.5 Å². The van der Waals surface area contributed by atoms with Crippen molar-refractivity contribution >= 4 is 46.4 Å². The minimum Gasteiger partial charge on any atom is -0.497 e. The van der Waals surface area contributed by atoms with E-state index in [1.807, 2.05) is 0 Å². The van der Waals surface area contributed by atoms with Crippen LogP contribution in [-0.2, 0) is 9.59 Å². The smallest absolute Gasteiger partial charge is 0.276 e. The lowest BCUT2D eigenvalue weighted by molar-refractivity contribution is -0.126. The zero-order valence-electron chi connectivity index (χ0n) is 17.5. The number of carbonyl (C=O) groups is 2. The van der Waals surface area contributed by atoms with Crippen molar-refractivity contribution in [3.8, 4) is 23.0 Å². The summed E-state index contributed by atoms with van der Waals surface area (Å²) >= 11 is 12.2. The maximum absolute atomic E-state index is 12.9. The molecule has 11 heteroatoms. The van der Waals surface area contributed by atoms with Crippen molar-refractivity contribution in [2.75, 3.05) is 32.9 Å². The molecule has 0 heterocycles. The number of Topliss-reactive ketones (excluding diaryl/α,β-unsaturated/α-hetero) is 1. The van der Waals surface area contributed by atoms with Crippen molar-refractivity contribution in [2.45, 2.75) is 13.0 Å². The highest BCUT2D eigenvalue weighted by atomic mass is 35.5. The predicted octanol–water partition coefficient (Wildman–Crippen LogP) is 4.60. The van der Waals surface area contributed by atoms with Gasteiger partial charge in [-0.2, -0.15) is 5.11 Å². The van der Waals surface area contributed by atoms with E-state index in [0.717, 1.165) is 4.42 Å². The Hall–Kier alpha value is -3.04. The number of nitrogens with zero attached hydrogens (tertiary/aromatic N) is 3. The molecule has 0 aliphatic rings. The largest absolute Gasteiger partial charge is 0.497 e. The van der Waals surface area contributed by atoms with E-state index in [1.165, 1.54) is 59.6 Å². The van der Waals surface area contributed by atoms with Crippen molar-refractivity contribution in [3.05, 3.63) is 35.4 Å². The summed E-state index contributed by atoms with van der Waals surface area (Å²) in [6.45, 7) is 1.20. The Kier molecular flexibility index (Phi) is 8.47. The molecular weight excluding hydrogens is 449 g/mol. The fraction of sp³-hybridized carbons (Fsp3) is 0.300. The van der Waals surface area contributed by atoms with Crippen LogP contribution in [-0.4, -0.2) is 46.2 Å². The molecule has 2 rings (SSSR count). The molecule has 0 spiro atoms. The Labute approximate surface area is 189 Å². The number of rotatable bonds is 9. The predicted molar refractivity (Wildman–Crippen MR) is 116 cm³/mol. The summed E-state index contributed by atoms with van der Waals surface area (Å²) in [5.74, 6) is -0.0682. The number of methoxy groups -OCH3 is 4. The summed E-state index contributed by atoms with van der Waals surface area (Å²) in [6.07, 6.45) is 0. The highest BCUT2D eigenvalue weighted by Gasteiger charge is 2.30. The van der Waals surface area contributed by atoms with Crippen LogP contribution in [0.4, 0.5) is 11.4 Å². The number of carbonyl (C=O) groups excluding carboxylic acids is 2. The Morgan fingerprint density at radius 2 is 1.42 bits per heavy atom. The number of anilines is 1. The van der Waals surface area contributed by atoms with E-state index >= 15 is 0 Å². The van der Waals surface area contributed by atoms with Crippen LogP contribution in [0.3, 0.4) is 0 Å². The molecule has 0 aromatic heterocycles. The van der Waals surface area contributed by atoms with Gasteiger partial charge in [-0.05, 0) is 6.92 Å². The minimum atomic E-state index is -1.51. The van der Waals surface area contributed by atoms with Gasteiger partial charge < -0.3 is 18.9 Å². The fourth-order valence-electron chi connectivity index (χ4n) is 2.52. The fourth-order valence-corrected chi connectivity index (χ4v) is 2.91. The molecule has 0 aliphatic heterocycles. The molecule has 0 bridgehead atoms. The van der Waals surface area contributed by atoms with Crippen molar-refractivity contribution in [1.82, 2.24) is 0 Å². The molecular formula is C20H21Cl2N3O6. The van der Waals surface area contributed by atoms with E-state index in [9.17, 15) is 9.59 Å². The molecule has 1 atom stereocenters. The third kappa shape index (κ3) is 5.77. The summed E-state index contributed by atoms with van der Waals surface area (Å²) < 4.78 is 21.6. The average molecular weight is 470 g/mol. The standard InChI is InChI=1S/C20H21Cl2N3O6/c1-11(26)18(23-24-19-16(30-4)6-12(21)7-17(19)31-5)20(27)25(22)13-8-14(28-2)10-15(9-13)29-3/h6-10,18H,1-5H3. The Balaban J connectivity index is 2.41. The average Bonchev–Trinajstić information content (AvgIpc) is 2.77. The quantitative estimate of drug-likeness (QED) is 0.302. The van der Waals surface area contributed by atoms with Crippen molar-refractivity contribution in [3.63, 3.8) is 0 Å². The summed E-state index contributed by atoms with van der Waals surface area (Å²) in [6, 6.07) is 6.11. The van der Waals surface area contributed by atoms with E-state index in [1.54, 1.807) is 6.07 Å². The molecule has 1 unspecified atom stereocenters. The Morgan fingerprint density at radius 3 is 1.84 bits per heavy atom. The van der Waals surface area contributed by atoms with Crippen LogP contribution in [0, 0.1) is 0 Å². The van der Waals surface area contributed by atoms with Gasteiger partial charge in [-0.15, -0.1) is 5.11 Å². The summed E-state index contributed by atoms with van der Waals surface area (Å²) in [7, 11) is 5.74. The topological polar surface area (TPSA) is 99.0 Å². The lowest BCUT2D eigenvalue weighted by atomic mass is 10.2. The zero-order valence-corrected chi connectivity index (χ0v) is 19.0. The first kappa shape index (κ1) is 24.2. The summed E-state index contributed by atoms with van der Waals surface area (Å²) in [5, 5.41) is 8.27. The lowest BCUT2D eigenvalue weighted by Gasteiger charge is -2.18. The zero-order chi connectivity index (χ0) is 23.1. The second kappa shape index (κ2) is 10.8. The highest BCUT2D eigenvalue weighted by Crippen LogP contribution is 2.40. The number of hydrogen-bond donors (Lipinski definition) is 0. The van der Waals surface area contributed by atoms with Crippen LogP contribution >= 0.6 is 23.4 Å². The van der Waals surface area contributed by atoms with Crippen molar-refractivity contribution < 1.29 is 28.5 Å². The molecule has 2 aromatic carbocycles. The van der Waals surface area contributed by atoms with Crippen LogP contribution in [0.1, 0.15) is 6.92 Å². The first-order valence-electron chi connectivity index (χ1n) is 8.81. The maximum Gasteiger partial charge on any atom is 0.276 e. The molecule has 166 valence electrons. The van der Waals surface area contributed by atoms with Gasteiger partial charge in [0.1, 0.15) is 11.5 Å². The molecule has 0 saturated heterocycles. The molecule has 0 N–H and O–H groups in total. The van der Waals surface area contributed by atoms with E-state index < -0.39 is 17.7 Å². The molecule has 0 aliphatic carbocycles. The first-order valence-corrected chi connectivity index (χ1v) is 9.52. The maximum atomic E-state index is 12.9. The van der Waals surface area contributed by atoms with Crippen LogP contribution in [0.15, 0.2) is 40.6 Å². The minimum absolute atomic E-state index is 0.164. The van der Waals surface area contributed by atoms with Crippen LogP contribution in [0.2, 0.25) is 5.02 Å². The van der Waals surface area contributed by atoms with Crippen LogP contribution in [0.25, 0.3) is 0 Å². The van der Waals surface area contributed by atoms with E-state index in [4.69, 9.17) is 42.3 Å². The van der Waals surface area contributed by atoms with Gasteiger partial charge in [0.05, 0.1) is 34.1 Å². The highest BCUT2D eigenvalue weighted by molar-refractivity contribution is 6.39. The van der Waals surface area contributed by atoms with Gasteiger partial charge in [-0.1, -0.05) is 11.6 Å². The monoisotopic (exact) mass is 469 g/mol. The number of ether oxygens (including phenoxy) is 4. The van der Waals surface area contributed by atoms with Gasteiger partial charge in [-0.25, -0.2) is 4.42 Å². The summed E-state index contributed by atoms with van der Waals surface area (Å²) in [4.78, 5) is 25.1. The third-order valence-electron chi connectivity index (χ3n) is 4.09. The third-order valence-corrected chi connectivity index (χ3v) is 4.67. The Morgan fingerprint density at radius 1 is 0.903 bits per heavy atom. The molecule has 0 radical (unpaired) electrons. The molecule has 31 heavy (non-hydrogen) atoms. The Bertz CT molecular complexity index is 952. The van der Waals surface area contributed by atoms with Crippen molar-refractivity contribution in [1.29, 1.82) is 0 Å². The van der Waals surface area contributed by atoms with Gasteiger partial charge in [0.15, 0.2) is 23.0 Å². The molecule has 0 saturated carbocycles.